The van der Waals surface area contributed by atoms with E-state index in [1.165, 1.54) is 12.1 Å². The van der Waals surface area contributed by atoms with Crippen molar-refractivity contribution in [3.05, 3.63) is 90.3 Å². The molecule has 30 heavy (non-hydrogen) atoms. The van der Waals surface area contributed by atoms with Crippen LogP contribution in [0.2, 0.25) is 0 Å². The van der Waals surface area contributed by atoms with Crippen molar-refractivity contribution in [2.45, 2.75) is 11.3 Å². The minimum atomic E-state index is -3.78. The standard InChI is InChI=1S/C23H20N2O4S/c1-28-20-10-6-5-9-19(20)22-23(17-11-13-18(14-12-17)30(24,26)27)29-21(25-22)15-16-7-3-2-4-8-16/h2-14H,15H2,1H3,(H2,24,26,27). The van der Waals surface area contributed by atoms with Gasteiger partial charge < -0.3 is 9.15 Å². The molecule has 0 amide bonds. The molecule has 0 aliphatic heterocycles. The zero-order chi connectivity index (χ0) is 21.1. The maximum Gasteiger partial charge on any atom is 0.238 e. The first-order chi connectivity index (χ1) is 14.5. The molecule has 0 unspecified atom stereocenters. The van der Waals surface area contributed by atoms with Crippen molar-refractivity contribution >= 4 is 10.0 Å². The lowest BCUT2D eigenvalue weighted by Crippen LogP contribution is -2.11. The molecule has 0 saturated carbocycles. The van der Waals surface area contributed by atoms with E-state index in [-0.39, 0.29) is 4.90 Å². The van der Waals surface area contributed by atoms with Gasteiger partial charge in [0.1, 0.15) is 11.4 Å². The number of aromatic nitrogens is 1. The first kappa shape index (κ1) is 19.9. The summed E-state index contributed by atoms with van der Waals surface area (Å²) in [6.45, 7) is 0. The Labute approximate surface area is 175 Å². The molecule has 3 aromatic carbocycles. The van der Waals surface area contributed by atoms with Crippen LogP contribution in [-0.2, 0) is 16.4 Å². The van der Waals surface area contributed by atoms with Crippen LogP contribution in [0.5, 0.6) is 5.75 Å². The number of nitrogens with two attached hydrogens (primary N) is 1. The summed E-state index contributed by atoms with van der Waals surface area (Å²) in [6, 6.07) is 23.7. The van der Waals surface area contributed by atoms with Gasteiger partial charge in [-0.2, -0.15) is 0 Å². The quantitative estimate of drug-likeness (QED) is 0.503. The normalized spacial score (nSPS) is 11.4. The molecule has 4 aromatic rings. The van der Waals surface area contributed by atoms with Gasteiger partial charge in [0.25, 0.3) is 0 Å². The number of hydrogen-bond acceptors (Lipinski definition) is 5. The molecule has 2 N–H and O–H groups in total. The van der Waals surface area contributed by atoms with E-state index in [2.05, 4.69) is 0 Å². The molecule has 0 atom stereocenters. The van der Waals surface area contributed by atoms with Gasteiger partial charge in [-0.1, -0.05) is 42.5 Å². The van der Waals surface area contributed by atoms with Gasteiger partial charge in [-0.05, 0) is 42.0 Å². The van der Waals surface area contributed by atoms with Gasteiger partial charge in [-0.15, -0.1) is 0 Å². The highest BCUT2D eigenvalue weighted by Crippen LogP contribution is 2.38. The van der Waals surface area contributed by atoms with Crippen LogP contribution in [0.15, 0.2) is 88.2 Å². The summed E-state index contributed by atoms with van der Waals surface area (Å²) >= 11 is 0. The fraction of sp³-hybridized carbons (Fsp3) is 0.0870. The minimum absolute atomic E-state index is 0.0362. The van der Waals surface area contributed by atoms with E-state index >= 15 is 0 Å². The monoisotopic (exact) mass is 420 g/mol. The third-order valence-electron chi connectivity index (χ3n) is 4.68. The minimum Gasteiger partial charge on any atom is -0.496 e. The average molecular weight is 420 g/mol. The van der Waals surface area contributed by atoms with Crippen molar-refractivity contribution in [1.82, 2.24) is 4.98 Å². The predicted octanol–water partition coefficient (Wildman–Crippen LogP) is 4.26. The molecule has 0 radical (unpaired) electrons. The highest BCUT2D eigenvalue weighted by Gasteiger charge is 2.20. The zero-order valence-electron chi connectivity index (χ0n) is 16.3. The number of hydrogen-bond donors (Lipinski definition) is 1. The molecule has 0 saturated heterocycles. The van der Waals surface area contributed by atoms with Crippen LogP contribution >= 0.6 is 0 Å². The molecule has 0 aliphatic carbocycles. The van der Waals surface area contributed by atoms with Gasteiger partial charge >= 0.3 is 0 Å². The van der Waals surface area contributed by atoms with Gasteiger partial charge in [0.05, 0.1) is 12.0 Å². The molecular formula is C23H20N2O4S. The maximum atomic E-state index is 11.6. The van der Waals surface area contributed by atoms with E-state index in [0.29, 0.717) is 35.1 Å². The summed E-state index contributed by atoms with van der Waals surface area (Å²) in [5.74, 6) is 1.75. The second kappa shape index (κ2) is 8.14. The van der Waals surface area contributed by atoms with E-state index in [1.807, 2.05) is 54.6 Å². The van der Waals surface area contributed by atoms with Gasteiger partial charge in [-0.3, -0.25) is 0 Å². The molecular weight excluding hydrogens is 400 g/mol. The summed E-state index contributed by atoms with van der Waals surface area (Å²) in [6.07, 6.45) is 0.526. The molecule has 7 heteroatoms. The molecule has 0 bridgehead atoms. The molecule has 0 spiro atoms. The number of ether oxygens (including phenoxy) is 1. The van der Waals surface area contributed by atoms with Crippen molar-refractivity contribution in [2.24, 2.45) is 5.14 Å². The Kier molecular flexibility index (Phi) is 5.39. The number of benzene rings is 3. The van der Waals surface area contributed by atoms with Crippen LogP contribution in [0.25, 0.3) is 22.6 Å². The molecule has 0 fully saturated rings. The summed E-state index contributed by atoms with van der Waals surface area (Å²) in [5, 5.41) is 5.21. The van der Waals surface area contributed by atoms with Crippen molar-refractivity contribution in [1.29, 1.82) is 0 Å². The number of para-hydroxylation sites is 1. The molecule has 0 aliphatic rings. The second-order valence-electron chi connectivity index (χ2n) is 6.72. The summed E-state index contributed by atoms with van der Waals surface area (Å²) in [5.41, 5.74) is 3.17. The van der Waals surface area contributed by atoms with Crippen LogP contribution in [0.1, 0.15) is 11.5 Å². The van der Waals surface area contributed by atoms with Crippen LogP contribution < -0.4 is 9.88 Å². The molecule has 152 valence electrons. The highest BCUT2D eigenvalue weighted by atomic mass is 32.2. The van der Waals surface area contributed by atoms with E-state index < -0.39 is 10.0 Å². The third kappa shape index (κ3) is 4.12. The summed E-state index contributed by atoms with van der Waals surface area (Å²) in [7, 11) is -2.17. The fourth-order valence-electron chi connectivity index (χ4n) is 3.22. The smallest absolute Gasteiger partial charge is 0.238 e. The number of nitrogens with zero attached hydrogens (tertiary/aromatic N) is 1. The van der Waals surface area contributed by atoms with E-state index in [4.69, 9.17) is 19.3 Å². The molecule has 1 aromatic heterocycles. The Hall–Kier alpha value is -3.42. The third-order valence-corrected chi connectivity index (χ3v) is 5.61. The SMILES string of the molecule is COc1ccccc1-c1nc(Cc2ccccc2)oc1-c1ccc(S(N)(=O)=O)cc1. The molecule has 1 heterocycles. The Morgan fingerprint density at radius 2 is 1.60 bits per heavy atom. The predicted molar refractivity (Wildman–Crippen MR) is 115 cm³/mol. The zero-order valence-corrected chi connectivity index (χ0v) is 17.1. The van der Waals surface area contributed by atoms with Crippen molar-refractivity contribution < 1.29 is 17.6 Å². The molecule has 6 nitrogen and oxygen atoms in total. The van der Waals surface area contributed by atoms with Gasteiger partial charge in [0.15, 0.2) is 11.7 Å². The topological polar surface area (TPSA) is 95.4 Å². The van der Waals surface area contributed by atoms with Crippen molar-refractivity contribution in [3.63, 3.8) is 0 Å². The Bertz CT molecular complexity index is 1260. The first-order valence-corrected chi connectivity index (χ1v) is 10.8. The van der Waals surface area contributed by atoms with Crippen molar-refractivity contribution in [2.75, 3.05) is 7.11 Å². The Balaban J connectivity index is 1.83. The van der Waals surface area contributed by atoms with Crippen LogP contribution in [0.3, 0.4) is 0 Å². The number of sulfonamides is 1. The van der Waals surface area contributed by atoms with Gasteiger partial charge in [0, 0.05) is 17.5 Å². The number of methoxy groups -OCH3 is 1. The van der Waals surface area contributed by atoms with Crippen molar-refractivity contribution in [3.8, 4) is 28.3 Å². The van der Waals surface area contributed by atoms with E-state index in [1.54, 1.807) is 19.2 Å². The summed E-state index contributed by atoms with van der Waals surface area (Å²) in [4.78, 5) is 4.78. The van der Waals surface area contributed by atoms with E-state index in [9.17, 15) is 8.42 Å². The van der Waals surface area contributed by atoms with Gasteiger partial charge in [-0.25, -0.2) is 18.5 Å². The van der Waals surface area contributed by atoms with Crippen LogP contribution in [-0.4, -0.2) is 20.5 Å². The average Bonchev–Trinajstić information content (AvgIpc) is 3.17. The number of oxazole rings is 1. The Morgan fingerprint density at radius 1 is 0.933 bits per heavy atom. The lowest BCUT2D eigenvalue weighted by molar-refractivity contribution is 0.416. The molecule has 4 rings (SSSR count). The largest absolute Gasteiger partial charge is 0.496 e. The van der Waals surface area contributed by atoms with Gasteiger partial charge in [0.2, 0.25) is 10.0 Å². The van der Waals surface area contributed by atoms with Crippen LogP contribution in [0.4, 0.5) is 0 Å². The van der Waals surface area contributed by atoms with Crippen LogP contribution in [0, 0.1) is 0 Å². The first-order valence-electron chi connectivity index (χ1n) is 9.26. The number of primary sulfonamides is 1. The second-order valence-corrected chi connectivity index (χ2v) is 8.28. The highest BCUT2D eigenvalue weighted by molar-refractivity contribution is 7.89. The lowest BCUT2D eigenvalue weighted by atomic mass is 10.1. The fourth-order valence-corrected chi connectivity index (χ4v) is 3.74. The van der Waals surface area contributed by atoms with E-state index in [0.717, 1.165) is 11.1 Å². The Morgan fingerprint density at radius 3 is 2.27 bits per heavy atom. The lowest BCUT2D eigenvalue weighted by Gasteiger charge is -2.07. The summed E-state index contributed by atoms with van der Waals surface area (Å²) < 4.78 is 34.8. The number of rotatable bonds is 6. The maximum absolute atomic E-state index is 11.6.